The van der Waals surface area contributed by atoms with Crippen molar-refractivity contribution in [2.45, 2.75) is 25.8 Å². The Morgan fingerprint density at radius 3 is 2.83 bits per heavy atom. The maximum atomic E-state index is 13.3. The highest BCUT2D eigenvalue weighted by Crippen LogP contribution is 2.32. The van der Waals surface area contributed by atoms with Gasteiger partial charge in [0.15, 0.2) is 0 Å². The van der Waals surface area contributed by atoms with Crippen molar-refractivity contribution in [2.24, 2.45) is 7.05 Å². The number of aryl methyl sites for hydroxylation is 1. The minimum absolute atomic E-state index is 0.0518. The summed E-state index contributed by atoms with van der Waals surface area (Å²) in [5, 5.41) is 0.592. The molecule has 1 atom stereocenters. The van der Waals surface area contributed by atoms with Crippen LogP contribution in [0.4, 0.5) is 0 Å². The molecule has 1 aliphatic heterocycles. The normalized spacial score (nSPS) is 16.8. The Kier molecular flexibility index (Phi) is 3.97. The third-order valence-corrected chi connectivity index (χ3v) is 5.68. The molecule has 3 heterocycles. The average Bonchev–Trinajstić information content (AvgIpc) is 3.35. The van der Waals surface area contributed by atoms with Crippen molar-refractivity contribution in [3.05, 3.63) is 70.0 Å². The first-order valence-corrected chi connectivity index (χ1v) is 9.76. The van der Waals surface area contributed by atoms with Crippen molar-refractivity contribution in [1.82, 2.24) is 24.4 Å². The zero-order valence-corrected chi connectivity index (χ0v) is 16.3. The van der Waals surface area contributed by atoms with Gasteiger partial charge in [0, 0.05) is 19.2 Å². The van der Waals surface area contributed by atoms with Gasteiger partial charge in [-0.05, 0) is 50.1 Å². The van der Waals surface area contributed by atoms with E-state index in [2.05, 4.69) is 9.97 Å². The van der Waals surface area contributed by atoms with E-state index in [1.165, 1.54) is 0 Å². The van der Waals surface area contributed by atoms with Gasteiger partial charge in [-0.2, -0.15) is 0 Å². The van der Waals surface area contributed by atoms with Crippen molar-refractivity contribution in [1.29, 1.82) is 0 Å². The lowest BCUT2D eigenvalue weighted by Crippen LogP contribution is -2.34. The number of hydrogen-bond acceptors (Lipinski definition) is 4. The van der Waals surface area contributed by atoms with Crippen LogP contribution in [0.2, 0.25) is 0 Å². The van der Waals surface area contributed by atoms with Gasteiger partial charge in [-0.15, -0.1) is 0 Å². The molecule has 1 saturated heterocycles. The van der Waals surface area contributed by atoms with E-state index in [0.29, 0.717) is 28.8 Å². The molecule has 1 N–H and O–H groups in total. The van der Waals surface area contributed by atoms with E-state index in [9.17, 15) is 9.59 Å². The molecule has 0 aliphatic carbocycles. The highest BCUT2D eigenvalue weighted by Gasteiger charge is 2.33. The molecule has 0 bridgehead atoms. The van der Waals surface area contributed by atoms with E-state index in [1.807, 2.05) is 48.2 Å². The maximum absolute atomic E-state index is 13.3. The first kappa shape index (κ1) is 17.6. The summed E-state index contributed by atoms with van der Waals surface area (Å²) in [5.41, 5.74) is 2.88. The number of para-hydroxylation sites is 1. The van der Waals surface area contributed by atoms with E-state index >= 15 is 0 Å². The first-order valence-electron chi connectivity index (χ1n) is 9.76. The number of nitrogens with zero attached hydrogens (tertiary/aromatic N) is 4. The lowest BCUT2D eigenvalue weighted by atomic mass is 10.1. The molecule has 1 fully saturated rings. The minimum atomic E-state index is -0.219. The second-order valence-electron chi connectivity index (χ2n) is 7.56. The van der Waals surface area contributed by atoms with Crippen LogP contribution in [0.5, 0.6) is 0 Å². The predicted molar refractivity (Wildman–Crippen MR) is 111 cm³/mol. The Hall–Kier alpha value is -3.48. The van der Waals surface area contributed by atoms with Crippen LogP contribution < -0.4 is 5.56 Å². The summed E-state index contributed by atoms with van der Waals surface area (Å²) in [5.74, 6) is 1.40. The molecule has 146 valence electrons. The minimum Gasteiger partial charge on any atom is -0.342 e. The number of fused-ring (bicyclic) bond motifs is 2. The van der Waals surface area contributed by atoms with Gasteiger partial charge >= 0.3 is 0 Å². The summed E-state index contributed by atoms with van der Waals surface area (Å²) < 4.78 is 1.58. The lowest BCUT2D eigenvalue weighted by Gasteiger charge is -2.26. The molecule has 1 unspecified atom stereocenters. The summed E-state index contributed by atoms with van der Waals surface area (Å²) in [6.45, 7) is 2.54. The smallest absolute Gasteiger partial charge is 0.261 e. The average molecular weight is 387 g/mol. The number of hydrogen-bond donors (Lipinski definition) is 1. The summed E-state index contributed by atoms with van der Waals surface area (Å²) in [6, 6.07) is 12.6. The summed E-state index contributed by atoms with van der Waals surface area (Å²) in [7, 11) is 1.73. The fraction of sp³-hybridized carbons (Fsp3) is 0.273. The molecular formula is C22H21N5O2. The number of H-pyrrole nitrogens is 1. The van der Waals surface area contributed by atoms with Crippen LogP contribution in [0.15, 0.2) is 47.3 Å². The van der Waals surface area contributed by atoms with Gasteiger partial charge in [0.05, 0.1) is 28.0 Å². The van der Waals surface area contributed by atoms with E-state index in [1.54, 1.807) is 17.7 Å². The summed E-state index contributed by atoms with van der Waals surface area (Å²) in [6.07, 6.45) is 1.67. The van der Waals surface area contributed by atoms with Crippen LogP contribution in [0.1, 0.15) is 40.9 Å². The van der Waals surface area contributed by atoms with Gasteiger partial charge < -0.3 is 9.88 Å². The molecular weight excluding hydrogens is 366 g/mol. The molecule has 0 radical (unpaired) electrons. The van der Waals surface area contributed by atoms with Crippen LogP contribution in [-0.4, -0.2) is 36.9 Å². The van der Waals surface area contributed by atoms with Gasteiger partial charge in [-0.1, -0.05) is 12.1 Å². The number of nitrogens with one attached hydrogen (secondary N) is 1. The zero-order chi connectivity index (χ0) is 20.1. The summed E-state index contributed by atoms with van der Waals surface area (Å²) in [4.78, 5) is 40.3. The summed E-state index contributed by atoms with van der Waals surface area (Å²) >= 11 is 0. The Bertz CT molecular complexity index is 1320. The predicted octanol–water partition coefficient (Wildman–Crippen LogP) is 3.10. The van der Waals surface area contributed by atoms with Crippen LogP contribution in [0.25, 0.3) is 21.9 Å². The number of amides is 1. The number of aromatic amines is 1. The van der Waals surface area contributed by atoms with Gasteiger partial charge in [-0.25, -0.2) is 9.97 Å². The van der Waals surface area contributed by atoms with Crippen LogP contribution in [0, 0.1) is 6.92 Å². The number of benzene rings is 2. The molecule has 2 aromatic heterocycles. The van der Waals surface area contributed by atoms with E-state index in [-0.39, 0.29) is 17.5 Å². The molecule has 1 aliphatic rings. The van der Waals surface area contributed by atoms with Crippen LogP contribution in [-0.2, 0) is 7.05 Å². The van der Waals surface area contributed by atoms with Crippen molar-refractivity contribution >= 4 is 27.8 Å². The molecule has 1 amide bonds. The number of rotatable bonds is 2. The topological polar surface area (TPSA) is 83.9 Å². The molecule has 2 aromatic carbocycles. The quantitative estimate of drug-likeness (QED) is 0.573. The third-order valence-electron chi connectivity index (χ3n) is 5.68. The van der Waals surface area contributed by atoms with Crippen molar-refractivity contribution in [3.8, 4) is 0 Å². The monoisotopic (exact) mass is 387 g/mol. The fourth-order valence-electron chi connectivity index (χ4n) is 4.25. The number of imidazole rings is 1. The molecule has 4 aromatic rings. The van der Waals surface area contributed by atoms with E-state index < -0.39 is 0 Å². The Morgan fingerprint density at radius 2 is 1.97 bits per heavy atom. The third kappa shape index (κ3) is 2.81. The van der Waals surface area contributed by atoms with Crippen molar-refractivity contribution < 1.29 is 4.79 Å². The van der Waals surface area contributed by atoms with Gasteiger partial charge in [0.2, 0.25) is 0 Å². The van der Waals surface area contributed by atoms with E-state index in [4.69, 9.17) is 4.98 Å². The number of carbonyl (C=O) groups is 1. The fourth-order valence-corrected chi connectivity index (χ4v) is 4.25. The Morgan fingerprint density at radius 1 is 1.14 bits per heavy atom. The molecule has 0 saturated carbocycles. The Labute approximate surface area is 167 Å². The molecule has 29 heavy (non-hydrogen) atoms. The highest BCUT2D eigenvalue weighted by atomic mass is 16.2. The first-order chi connectivity index (χ1) is 14.0. The molecule has 0 spiro atoms. The van der Waals surface area contributed by atoms with Crippen molar-refractivity contribution in [3.63, 3.8) is 0 Å². The Balaban J connectivity index is 1.56. The number of aromatic nitrogens is 4. The lowest BCUT2D eigenvalue weighted by molar-refractivity contribution is 0.0727. The van der Waals surface area contributed by atoms with Crippen LogP contribution >= 0.6 is 0 Å². The highest BCUT2D eigenvalue weighted by molar-refractivity contribution is 5.97. The molecule has 5 rings (SSSR count). The second-order valence-corrected chi connectivity index (χ2v) is 7.56. The van der Waals surface area contributed by atoms with Crippen molar-refractivity contribution in [2.75, 3.05) is 6.54 Å². The van der Waals surface area contributed by atoms with Crippen LogP contribution in [0.3, 0.4) is 0 Å². The maximum Gasteiger partial charge on any atom is 0.261 e. The van der Waals surface area contributed by atoms with Gasteiger partial charge in [0.25, 0.3) is 11.5 Å². The molecule has 7 heteroatoms. The standard InChI is InChI=1S/C22H21N5O2/c1-13-23-17-10-9-14(12-18(17)24-13)21(28)27-11-5-8-19(27)20-25-16-7-4-3-6-15(16)22(29)26(20)2/h3-4,6-7,9-10,12,19H,5,8,11H2,1-2H3,(H,23,24). The number of carbonyl (C=O) groups excluding carboxylic acids is 1. The number of likely N-dealkylation sites (tertiary alicyclic amines) is 1. The van der Waals surface area contributed by atoms with Gasteiger partial charge in [-0.3, -0.25) is 14.2 Å². The second kappa shape index (κ2) is 6.55. The SMILES string of the molecule is Cc1nc2ccc(C(=O)N3CCCC3c3nc4ccccc4c(=O)n3C)cc2[nH]1. The van der Waals surface area contributed by atoms with E-state index in [0.717, 1.165) is 29.7 Å². The zero-order valence-electron chi connectivity index (χ0n) is 16.3. The van der Waals surface area contributed by atoms with Gasteiger partial charge in [0.1, 0.15) is 11.6 Å². The largest absolute Gasteiger partial charge is 0.342 e. The molecule has 7 nitrogen and oxygen atoms in total.